The van der Waals surface area contributed by atoms with Gasteiger partial charge < -0.3 is 16.0 Å². The van der Waals surface area contributed by atoms with Crippen LogP contribution in [-0.2, 0) is 0 Å². The molecule has 3 aliphatic rings. The third-order valence-electron chi connectivity index (χ3n) is 10.1. The van der Waals surface area contributed by atoms with E-state index < -0.39 is 0 Å². The maximum absolute atomic E-state index is 4.46. The van der Waals surface area contributed by atoms with Crippen molar-refractivity contribution in [3.8, 4) is 0 Å². The van der Waals surface area contributed by atoms with Gasteiger partial charge in [0, 0.05) is 31.0 Å². The smallest absolute Gasteiger partial charge is 0.131 e. The summed E-state index contributed by atoms with van der Waals surface area (Å²) in [5.74, 6) is 6.59. The highest BCUT2D eigenvalue weighted by molar-refractivity contribution is 6.16. The van der Waals surface area contributed by atoms with Gasteiger partial charge in [0.1, 0.15) is 7.85 Å². The number of unbranched alkanes of at least 4 members (excludes halogenated alkanes) is 3. The average molecular weight is 508 g/mol. The molecule has 208 valence electrons. The van der Waals surface area contributed by atoms with Crippen molar-refractivity contribution in [2.45, 2.75) is 105 Å². The summed E-state index contributed by atoms with van der Waals surface area (Å²) < 4.78 is 0. The van der Waals surface area contributed by atoms with Gasteiger partial charge in [0.25, 0.3) is 0 Å². The minimum atomic E-state index is 0.704. The first-order valence-corrected chi connectivity index (χ1v) is 15.6. The predicted molar refractivity (Wildman–Crippen MR) is 165 cm³/mol. The first-order chi connectivity index (χ1) is 17.8. The molecule has 0 saturated heterocycles. The molecule has 3 aliphatic carbocycles. The third kappa shape index (κ3) is 8.72. The first-order valence-electron chi connectivity index (χ1n) is 15.6. The highest BCUT2D eigenvalue weighted by atomic mass is 14.9. The Bertz CT molecular complexity index is 804. The molecule has 0 radical (unpaired) electrons. The topological polar surface area (TPSA) is 36.1 Å². The van der Waals surface area contributed by atoms with Gasteiger partial charge in [0.15, 0.2) is 0 Å². The molecule has 0 aromatic rings. The zero-order valence-electron chi connectivity index (χ0n) is 25.1. The van der Waals surface area contributed by atoms with E-state index in [4.69, 9.17) is 0 Å². The molecule has 4 heteroatoms. The summed E-state index contributed by atoms with van der Waals surface area (Å²) in [5.41, 5.74) is 6.33. The normalized spacial score (nSPS) is 27.3. The van der Waals surface area contributed by atoms with E-state index in [1.807, 2.05) is 20.0 Å². The Morgan fingerprint density at radius 3 is 2.24 bits per heavy atom. The van der Waals surface area contributed by atoms with Crippen LogP contribution in [0.5, 0.6) is 0 Å². The number of allylic oxidation sites excluding steroid dienone is 4. The molecule has 0 aromatic heterocycles. The van der Waals surface area contributed by atoms with Gasteiger partial charge in [0.05, 0.1) is 0 Å². The number of rotatable bonds is 18. The summed E-state index contributed by atoms with van der Waals surface area (Å²) in [5, 5.41) is 10.5. The fourth-order valence-corrected chi connectivity index (χ4v) is 7.71. The minimum Gasteiger partial charge on any atom is -0.392 e. The molecular weight excluding hydrogens is 449 g/mol. The van der Waals surface area contributed by atoms with E-state index in [-0.39, 0.29) is 0 Å². The lowest BCUT2D eigenvalue weighted by Crippen LogP contribution is -2.20. The van der Waals surface area contributed by atoms with Gasteiger partial charge in [0.2, 0.25) is 0 Å². The zero-order chi connectivity index (χ0) is 26.8. The van der Waals surface area contributed by atoms with Gasteiger partial charge in [-0.25, -0.2) is 0 Å². The second-order valence-electron chi connectivity index (χ2n) is 13.1. The van der Waals surface area contributed by atoms with Gasteiger partial charge in [-0.2, -0.15) is 0 Å². The monoisotopic (exact) mass is 507 g/mol. The molecule has 3 fully saturated rings. The van der Waals surface area contributed by atoms with E-state index >= 15 is 0 Å². The molecule has 5 unspecified atom stereocenters. The van der Waals surface area contributed by atoms with Crippen LogP contribution in [0.15, 0.2) is 47.9 Å². The molecule has 1 spiro atoms. The lowest BCUT2D eigenvalue weighted by molar-refractivity contribution is 0.236. The standard InChI is InChI=1S/C33H58BN3/c1-24(2)25(3)20-29-22-31-30(23-33(13-14-33)32(31)28(29)6)21-27(5)37-18-11-12-26(4)36-17-10-8-7-9-16-35-19-15-34/h15,19,28-32,35-37H,4-5,7-14,16-18,20-23,34H2,1-3,6H3/b19-15+. The zero-order valence-corrected chi connectivity index (χ0v) is 25.1. The van der Waals surface area contributed by atoms with Gasteiger partial charge in [-0.3, -0.25) is 0 Å². The first kappa shape index (κ1) is 30.0. The van der Waals surface area contributed by atoms with Crippen LogP contribution in [0, 0.1) is 35.0 Å². The average Bonchev–Trinajstić information content (AvgIpc) is 3.47. The second-order valence-corrected chi connectivity index (χ2v) is 13.1. The molecule has 0 aromatic carbocycles. The van der Waals surface area contributed by atoms with Crippen molar-refractivity contribution in [1.29, 1.82) is 0 Å². The van der Waals surface area contributed by atoms with Gasteiger partial charge in [-0.05, 0) is 126 Å². The van der Waals surface area contributed by atoms with Crippen molar-refractivity contribution in [2.75, 3.05) is 19.6 Å². The molecule has 3 N–H and O–H groups in total. The number of hydrogen-bond donors (Lipinski definition) is 3. The second kappa shape index (κ2) is 14.5. The molecule has 0 aliphatic heterocycles. The molecule has 0 amide bonds. The summed E-state index contributed by atoms with van der Waals surface area (Å²) in [7, 11) is 2.05. The van der Waals surface area contributed by atoms with Crippen LogP contribution in [0.2, 0.25) is 0 Å². The van der Waals surface area contributed by atoms with Crippen molar-refractivity contribution in [3.63, 3.8) is 0 Å². The van der Waals surface area contributed by atoms with E-state index in [0.29, 0.717) is 5.41 Å². The van der Waals surface area contributed by atoms with Crippen LogP contribution < -0.4 is 16.0 Å². The molecule has 0 heterocycles. The maximum Gasteiger partial charge on any atom is 0.131 e. The van der Waals surface area contributed by atoms with E-state index in [1.165, 1.54) is 81.2 Å². The fourth-order valence-electron chi connectivity index (χ4n) is 7.71. The summed E-state index contributed by atoms with van der Waals surface area (Å²) in [6.07, 6.45) is 17.7. The summed E-state index contributed by atoms with van der Waals surface area (Å²) in [6.45, 7) is 21.4. The predicted octanol–water partition coefficient (Wildman–Crippen LogP) is 7.05. The molecule has 0 bridgehead atoms. The van der Waals surface area contributed by atoms with Gasteiger partial charge in [-0.15, -0.1) is 5.98 Å². The Labute approximate surface area is 230 Å². The van der Waals surface area contributed by atoms with Crippen molar-refractivity contribution in [3.05, 3.63) is 47.9 Å². The quantitative estimate of drug-likeness (QED) is 0.106. The molecule has 3 rings (SSSR count). The van der Waals surface area contributed by atoms with E-state index in [9.17, 15) is 0 Å². The number of fused-ring (bicyclic) bond motifs is 2. The van der Waals surface area contributed by atoms with Gasteiger partial charge in [-0.1, -0.05) is 44.1 Å². The lowest BCUT2D eigenvalue weighted by Gasteiger charge is -2.26. The highest BCUT2D eigenvalue weighted by Gasteiger charge is 2.64. The molecular formula is C33H58BN3. The summed E-state index contributed by atoms with van der Waals surface area (Å²) in [6, 6.07) is 0. The molecule has 5 atom stereocenters. The minimum absolute atomic E-state index is 0.704. The van der Waals surface area contributed by atoms with E-state index in [1.54, 1.807) is 5.57 Å². The van der Waals surface area contributed by atoms with Crippen LogP contribution in [0.1, 0.15) is 105 Å². The Hall–Kier alpha value is -1.58. The fraction of sp³-hybridized carbons (Fsp3) is 0.758. The van der Waals surface area contributed by atoms with Crippen LogP contribution in [-0.4, -0.2) is 27.5 Å². The van der Waals surface area contributed by atoms with Gasteiger partial charge >= 0.3 is 0 Å². The largest absolute Gasteiger partial charge is 0.392 e. The maximum atomic E-state index is 4.46. The van der Waals surface area contributed by atoms with Crippen LogP contribution in [0.4, 0.5) is 0 Å². The van der Waals surface area contributed by atoms with Crippen LogP contribution in [0.3, 0.4) is 0 Å². The lowest BCUT2D eigenvalue weighted by atomic mass is 9.79. The Morgan fingerprint density at radius 2 is 1.57 bits per heavy atom. The molecule has 3 saturated carbocycles. The Morgan fingerprint density at radius 1 is 0.892 bits per heavy atom. The van der Waals surface area contributed by atoms with Crippen LogP contribution >= 0.6 is 0 Å². The number of hydrogen-bond acceptors (Lipinski definition) is 3. The summed E-state index contributed by atoms with van der Waals surface area (Å²) in [4.78, 5) is 0. The van der Waals surface area contributed by atoms with Crippen molar-refractivity contribution < 1.29 is 0 Å². The van der Waals surface area contributed by atoms with Crippen LogP contribution in [0.25, 0.3) is 0 Å². The summed E-state index contributed by atoms with van der Waals surface area (Å²) >= 11 is 0. The molecule has 37 heavy (non-hydrogen) atoms. The highest BCUT2D eigenvalue weighted by Crippen LogP contribution is 2.72. The number of nitrogens with one attached hydrogen (secondary N) is 3. The molecule has 3 nitrogen and oxygen atoms in total. The SMILES string of the molecule is B/C=C/NCCCCCCNC(=C)CCCNC(=C)CC1CC2(CC2)C2C(C)C(CC(C)=C(C)C)CC12. The van der Waals surface area contributed by atoms with Crippen molar-refractivity contribution in [2.24, 2.45) is 35.0 Å². The Kier molecular flexibility index (Phi) is 11.8. The van der Waals surface area contributed by atoms with Crippen molar-refractivity contribution >= 4 is 7.85 Å². The van der Waals surface area contributed by atoms with Crippen molar-refractivity contribution in [1.82, 2.24) is 16.0 Å². The van der Waals surface area contributed by atoms with E-state index in [2.05, 4.69) is 56.8 Å². The van der Waals surface area contributed by atoms with E-state index in [0.717, 1.165) is 62.1 Å². The third-order valence-corrected chi connectivity index (χ3v) is 10.1. The Balaban J connectivity index is 1.29.